The third-order valence-electron chi connectivity index (χ3n) is 4.79. The molecule has 0 N–H and O–H groups in total. The number of aromatic nitrogens is 1. The number of rotatable bonds is 2. The van der Waals surface area contributed by atoms with Crippen LogP contribution in [0.2, 0.25) is 0 Å². The van der Waals surface area contributed by atoms with Gasteiger partial charge in [0.25, 0.3) is 5.91 Å². The molecule has 2 saturated heterocycles. The number of thiazole rings is 1. The molecule has 2 aromatic rings. The summed E-state index contributed by atoms with van der Waals surface area (Å²) in [6.07, 6.45) is 1.82. The fourth-order valence-electron chi connectivity index (χ4n) is 3.38. The number of anilines is 1. The Kier molecular flexibility index (Phi) is 3.73. The van der Waals surface area contributed by atoms with E-state index < -0.39 is 5.60 Å². The SMILES string of the molecule is C[C@@]1(C(=O)N2CCN(c3nc4ccccc4s3)CC2)CCCO1. The van der Waals surface area contributed by atoms with Crippen molar-refractivity contribution in [1.29, 1.82) is 0 Å². The Hall–Kier alpha value is -1.66. The van der Waals surface area contributed by atoms with Crippen LogP contribution in [-0.4, -0.2) is 54.2 Å². The Labute approximate surface area is 139 Å². The molecule has 6 heteroatoms. The number of carbonyl (C=O) groups is 1. The molecule has 23 heavy (non-hydrogen) atoms. The first-order valence-electron chi connectivity index (χ1n) is 8.20. The fourth-order valence-corrected chi connectivity index (χ4v) is 4.40. The number of amides is 1. The summed E-state index contributed by atoms with van der Waals surface area (Å²) < 4.78 is 6.91. The van der Waals surface area contributed by atoms with E-state index in [-0.39, 0.29) is 5.91 Å². The molecule has 0 radical (unpaired) electrons. The molecule has 2 fully saturated rings. The summed E-state index contributed by atoms with van der Waals surface area (Å²) in [6, 6.07) is 8.22. The molecule has 122 valence electrons. The van der Waals surface area contributed by atoms with Crippen molar-refractivity contribution >= 4 is 32.6 Å². The van der Waals surface area contributed by atoms with E-state index in [9.17, 15) is 4.79 Å². The van der Waals surface area contributed by atoms with E-state index in [1.807, 2.05) is 30.0 Å². The first kappa shape index (κ1) is 14.9. The monoisotopic (exact) mass is 331 g/mol. The summed E-state index contributed by atoms with van der Waals surface area (Å²) in [5.74, 6) is 0.152. The predicted molar refractivity (Wildman–Crippen MR) is 92.0 cm³/mol. The maximum absolute atomic E-state index is 12.7. The smallest absolute Gasteiger partial charge is 0.254 e. The lowest BCUT2D eigenvalue weighted by Crippen LogP contribution is -2.54. The van der Waals surface area contributed by atoms with E-state index in [2.05, 4.69) is 11.0 Å². The highest BCUT2D eigenvalue weighted by Crippen LogP contribution is 2.31. The van der Waals surface area contributed by atoms with Crippen molar-refractivity contribution in [2.75, 3.05) is 37.7 Å². The van der Waals surface area contributed by atoms with Gasteiger partial charge in [-0.25, -0.2) is 4.98 Å². The molecule has 0 unspecified atom stereocenters. The second-order valence-electron chi connectivity index (χ2n) is 6.43. The highest BCUT2D eigenvalue weighted by Gasteiger charge is 2.41. The normalized spacial score (nSPS) is 25.3. The van der Waals surface area contributed by atoms with Crippen LogP contribution in [-0.2, 0) is 9.53 Å². The Morgan fingerprint density at radius 1 is 1.26 bits per heavy atom. The van der Waals surface area contributed by atoms with E-state index in [0.29, 0.717) is 6.61 Å². The van der Waals surface area contributed by atoms with Crippen LogP contribution in [0.4, 0.5) is 5.13 Å². The highest BCUT2D eigenvalue weighted by molar-refractivity contribution is 7.22. The van der Waals surface area contributed by atoms with E-state index in [1.54, 1.807) is 11.3 Å². The molecule has 3 heterocycles. The minimum atomic E-state index is -0.599. The number of piperazine rings is 1. The number of benzene rings is 1. The van der Waals surface area contributed by atoms with Gasteiger partial charge in [0.15, 0.2) is 5.13 Å². The summed E-state index contributed by atoms with van der Waals surface area (Å²) in [7, 11) is 0. The molecule has 0 spiro atoms. The maximum Gasteiger partial charge on any atom is 0.254 e. The fraction of sp³-hybridized carbons (Fsp3) is 0.529. The highest BCUT2D eigenvalue weighted by atomic mass is 32.1. The Balaban J connectivity index is 1.43. The molecule has 1 aromatic heterocycles. The molecule has 1 aromatic carbocycles. The zero-order chi connectivity index (χ0) is 15.9. The summed E-state index contributed by atoms with van der Waals surface area (Å²) >= 11 is 1.72. The number of para-hydroxylation sites is 1. The second kappa shape index (κ2) is 5.76. The molecule has 1 amide bonds. The molecule has 0 bridgehead atoms. The van der Waals surface area contributed by atoms with Crippen molar-refractivity contribution in [3.63, 3.8) is 0 Å². The second-order valence-corrected chi connectivity index (χ2v) is 7.44. The Morgan fingerprint density at radius 2 is 2.04 bits per heavy atom. The van der Waals surface area contributed by atoms with Crippen LogP contribution in [0.5, 0.6) is 0 Å². The van der Waals surface area contributed by atoms with Gasteiger partial charge in [0.2, 0.25) is 0 Å². The van der Waals surface area contributed by atoms with Crippen LogP contribution >= 0.6 is 11.3 Å². The van der Waals surface area contributed by atoms with Crippen molar-refractivity contribution in [2.45, 2.75) is 25.4 Å². The lowest BCUT2D eigenvalue weighted by molar-refractivity contribution is -0.151. The van der Waals surface area contributed by atoms with Gasteiger partial charge in [-0.1, -0.05) is 23.5 Å². The van der Waals surface area contributed by atoms with Gasteiger partial charge in [-0.05, 0) is 31.9 Å². The standard InChI is InChI=1S/C17H21N3O2S/c1-17(7-4-12-22-17)15(21)19-8-10-20(11-9-19)16-18-13-5-2-3-6-14(13)23-16/h2-3,5-6H,4,7-12H2,1H3/t17-/m0/s1. The number of ether oxygens (including phenoxy) is 1. The number of nitrogens with zero attached hydrogens (tertiary/aromatic N) is 3. The minimum Gasteiger partial charge on any atom is -0.365 e. The van der Waals surface area contributed by atoms with Gasteiger partial charge in [0.1, 0.15) is 5.60 Å². The lowest BCUT2D eigenvalue weighted by atomic mass is 10.0. The van der Waals surface area contributed by atoms with Crippen LogP contribution in [0.25, 0.3) is 10.2 Å². The molecule has 2 aliphatic rings. The van der Waals surface area contributed by atoms with Crippen LogP contribution < -0.4 is 4.90 Å². The molecule has 0 aliphatic carbocycles. The van der Waals surface area contributed by atoms with Crippen LogP contribution in [0.15, 0.2) is 24.3 Å². The van der Waals surface area contributed by atoms with Crippen molar-refractivity contribution in [1.82, 2.24) is 9.88 Å². The van der Waals surface area contributed by atoms with Gasteiger partial charge in [0.05, 0.1) is 10.2 Å². The number of hydrogen-bond donors (Lipinski definition) is 0. The minimum absolute atomic E-state index is 0.152. The first-order valence-corrected chi connectivity index (χ1v) is 9.01. The number of hydrogen-bond acceptors (Lipinski definition) is 5. The molecule has 1 atom stereocenters. The molecule has 0 saturated carbocycles. The summed E-state index contributed by atoms with van der Waals surface area (Å²) in [6.45, 7) is 5.79. The van der Waals surface area contributed by atoms with Crippen LogP contribution in [0.1, 0.15) is 19.8 Å². The van der Waals surface area contributed by atoms with Gasteiger partial charge in [-0.2, -0.15) is 0 Å². The van der Waals surface area contributed by atoms with Crippen molar-refractivity contribution < 1.29 is 9.53 Å². The van der Waals surface area contributed by atoms with E-state index in [0.717, 1.165) is 49.7 Å². The van der Waals surface area contributed by atoms with Crippen molar-refractivity contribution in [2.24, 2.45) is 0 Å². The van der Waals surface area contributed by atoms with Gasteiger partial charge >= 0.3 is 0 Å². The quantitative estimate of drug-likeness (QED) is 0.848. The maximum atomic E-state index is 12.7. The van der Waals surface area contributed by atoms with Gasteiger partial charge in [0, 0.05) is 32.8 Å². The molecular formula is C17H21N3O2S. The summed E-state index contributed by atoms with van der Waals surface area (Å²) in [4.78, 5) is 21.6. The predicted octanol–water partition coefficient (Wildman–Crippen LogP) is 2.51. The average Bonchev–Trinajstić information content (AvgIpc) is 3.21. The Bertz CT molecular complexity index is 682. The van der Waals surface area contributed by atoms with Gasteiger partial charge in [-0.15, -0.1) is 0 Å². The van der Waals surface area contributed by atoms with Gasteiger partial charge < -0.3 is 14.5 Å². The first-order chi connectivity index (χ1) is 11.2. The molecule has 2 aliphatic heterocycles. The summed E-state index contributed by atoms with van der Waals surface area (Å²) in [5.41, 5.74) is 0.454. The molecular weight excluding hydrogens is 310 g/mol. The number of carbonyl (C=O) groups excluding carboxylic acids is 1. The third kappa shape index (κ3) is 2.70. The number of fused-ring (bicyclic) bond motifs is 1. The van der Waals surface area contributed by atoms with E-state index in [1.165, 1.54) is 4.70 Å². The Morgan fingerprint density at radius 3 is 2.74 bits per heavy atom. The zero-order valence-electron chi connectivity index (χ0n) is 13.3. The average molecular weight is 331 g/mol. The van der Waals surface area contributed by atoms with Crippen LogP contribution in [0.3, 0.4) is 0 Å². The van der Waals surface area contributed by atoms with Crippen molar-refractivity contribution in [3.05, 3.63) is 24.3 Å². The van der Waals surface area contributed by atoms with Gasteiger partial charge in [-0.3, -0.25) is 4.79 Å². The molecule has 5 nitrogen and oxygen atoms in total. The third-order valence-corrected chi connectivity index (χ3v) is 5.89. The largest absolute Gasteiger partial charge is 0.365 e. The van der Waals surface area contributed by atoms with E-state index in [4.69, 9.17) is 9.72 Å². The van der Waals surface area contributed by atoms with Crippen molar-refractivity contribution in [3.8, 4) is 0 Å². The topological polar surface area (TPSA) is 45.7 Å². The zero-order valence-corrected chi connectivity index (χ0v) is 14.1. The lowest BCUT2D eigenvalue weighted by Gasteiger charge is -2.38. The summed E-state index contributed by atoms with van der Waals surface area (Å²) in [5, 5.41) is 1.06. The molecule has 4 rings (SSSR count). The van der Waals surface area contributed by atoms with Crippen LogP contribution in [0, 0.1) is 0 Å². The van der Waals surface area contributed by atoms with E-state index >= 15 is 0 Å².